The molecule has 0 spiro atoms. The Kier molecular flexibility index (Phi) is 9.86. The highest BCUT2D eigenvalue weighted by Crippen LogP contribution is 2.12. The molecule has 0 heterocycles. The molecule has 0 radical (unpaired) electrons. The number of para-hydroxylation sites is 1. The molecular formula is C16H27IN4. The summed E-state index contributed by atoms with van der Waals surface area (Å²) in [5, 5.41) is 6.53. The summed E-state index contributed by atoms with van der Waals surface area (Å²) < 4.78 is 0. The summed E-state index contributed by atoms with van der Waals surface area (Å²) in [6.45, 7) is 11.4. The van der Waals surface area contributed by atoms with Gasteiger partial charge in [0.1, 0.15) is 0 Å². The molecule has 0 aromatic heterocycles. The molecule has 1 aromatic rings. The first-order chi connectivity index (χ1) is 9.49. The maximum Gasteiger partial charge on any atom is 0.188 e. The summed E-state index contributed by atoms with van der Waals surface area (Å²) in [7, 11) is 0. The van der Waals surface area contributed by atoms with E-state index in [1.54, 1.807) is 0 Å². The number of anilines is 1. The van der Waals surface area contributed by atoms with Crippen LogP contribution in [0.5, 0.6) is 0 Å². The van der Waals surface area contributed by atoms with Crippen molar-refractivity contribution >= 4 is 35.6 Å². The summed E-state index contributed by atoms with van der Waals surface area (Å²) in [5.74, 6) is 0.932. The lowest BCUT2D eigenvalue weighted by Crippen LogP contribution is -2.35. The average Bonchev–Trinajstić information content (AvgIpc) is 2.42. The van der Waals surface area contributed by atoms with Gasteiger partial charge in [-0.05, 0) is 25.0 Å². The summed E-state index contributed by atoms with van der Waals surface area (Å²) in [6, 6.07) is 10.4. The maximum atomic E-state index is 5.83. The monoisotopic (exact) mass is 402 g/mol. The van der Waals surface area contributed by atoms with Crippen molar-refractivity contribution in [3.8, 4) is 0 Å². The van der Waals surface area contributed by atoms with Gasteiger partial charge in [0.25, 0.3) is 0 Å². The number of nitrogens with one attached hydrogen (secondary N) is 2. The molecule has 118 valence electrons. The van der Waals surface area contributed by atoms with Gasteiger partial charge >= 0.3 is 0 Å². The van der Waals surface area contributed by atoms with Crippen LogP contribution >= 0.6 is 24.0 Å². The number of nitrogens with zero attached hydrogens (tertiary/aromatic N) is 1. The molecule has 0 fully saturated rings. The molecule has 4 N–H and O–H groups in total. The van der Waals surface area contributed by atoms with Crippen LogP contribution in [0.25, 0.3) is 0 Å². The second kappa shape index (κ2) is 10.5. The third-order valence-corrected chi connectivity index (χ3v) is 2.96. The normalized spacial score (nSPS) is 12.5. The fourth-order valence-corrected chi connectivity index (χ4v) is 1.67. The number of rotatable bonds is 7. The molecule has 0 amide bonds. The number of halogens is 1. The summed E-state index contributed by atoms with van der Waals surface area (Å²) >= 11 is 0. The number of nitrogens with two attached hydrogens (primary N) is 1. The van der Waals surface area contributed by atoms with E-state index in [1.807, 2.05) is 25.1 Å². The van der Waals surface area contributed by atoms with E-state index in [9.17, 15) is 0 Å². The van der Waals surface area contributed by atoms with Gasteiger partial charge in [-0.15, -0.1) is 24.0 Å². The van der Waals surface area contributed by atoms with Crippen molar-refractivity contribution in [2.24, 2.45) is 16.6 Å². The molecule has 1 aromatic carbocycles. The Morgan fingerprint density at radius 1 is 1.29 bits per heavy atom. The molecule has 0 bridgehead atoms. The van der Waals surface area contributed by atoms with Crippen LogP contribution in [0, 0.1) is 5.92 Å². The van der Waals surface area contributed by atoms with E-state index in [2.05, 4.69) is 48.2 Å². The Balaban J connectivity index is 0.00000400. The highest BCUT2D eigenvalue weighted by Gasteiger charge is 2.12. The second-order valence-electron chi connectivity index (χ2n) is 5.40. The van der Waals surface area contributed by atoms with Crippen LogP contribution in [0.1, 0.15) is 20.8 Å². The first-order valence-electron chi connectivity index (χ1n) is 6.98. The lowest BCUT2D eigenvalue weighted by molar-refractivity contribution is 0.531. The van der Waals surface area contributed by atoms with Gasteiger partial charge in [-0.1, -0.05) is 44.2 Å². The summed E-state index contributed by atoms with van der Waals surface area (Å²) in [4.78, 5) is 4.39. The van der Waals surface area contributed by atoms with Gasteiger partial charge < -0.3 is 16.4 Å². The van der Waals surface area contributed by atoms with Crippen LogP contribution in [-0.4, -0.2) is 25.1 Å². The fraction of sp³-hybridized carbons (Fsp3) is 0.438. The van der Waals surface area contributed by atoms with Crippen molar-refractivity contribution in [1.82, 2.24) is 5.32 Å². The van der Waals surface area contributed by atoms with Gasteiger partial charge in [0.05, 0.1) is 6.54 Å². The van der Waals surface area contributed by atoms with Crippen molar-refractivity contribution in [3.05, 3.63) is 42.5 Å². The summed E-state index contributed by atoms with van der Waals surface area (Å²) in [6.07, 6.45) is 0. The number of hydrogen-bond acceptors (Lipinski definition) is 2. The third kappa shape index (κ3) is 8.60. The molecule has 21 heavy (non-hydrogen) atoms. The Hall–Kier alpha value is -1.24. The predicted octanol–water partition coefficient (Wildman–Crippen LogP) is 3.22. The Labute approximate surface area is 145 Å². The van der Waals surface area contributed by atoms with E-state index in [-0.39, 0.29) is 30.0 Å². The second-order valence-corrected chi connectivity index (χ2v) is 5.40. The van der Waals surface area contributed by atoms with Crippen molar-refractivity contribution in [3.63, 3.8) is 0 Å². The zero-order chi connectivity index (χ0) is 15.0. The maximum absolute atomic E-state index is 5.83. The van der Waals surface area contributed by atoms with E-state index >= 15 is 0 Å². The fourth-order valence-electron chi connectivity index (χ4n) is 1.67. The lowest BCUT2D eigenvalue weighted by Gasteiger charge is -2.22. The topological polar surface area (TPSA) is 62.4 Å². The number of hydrogen-bond donors (Lipinski definition) is 3. The predicted molar refractivity (Wildman–Crippen MR) is 103 cm³/mol. The first kappa shape index (κ1) is 19.8. The minimum atomic E-state index is 0. The number of benzene rings is 1. The smallest absolute Gasteiger partial charge is 0.188 e. The third-order valence-electron chi connectivity index (χ3n) is 2.96. The summed E-state index contributed by atoms with van der Waals surface area (Å²) in [5.41, 5.74) is 7.97. The van der Waals surface area contributed by atoms with Crippen LogP contribution in [0.4, 0.5) is 5.69 Å². The van der Waals surface area contributed by atoms with Crippen LogP contribution in [0.3, 0.4) is 0 Å². The van der Waals surface area contributed by atoms with Crippen molar-refractivity contribution < 1.29 is 0 Å². The zero-order valence-corrected chi connectivity index (χ0v) is 15.4. The van der Waals surface area contributed by atoms with E-state index in [0.29, 0.717) is 25.0 Å². The molecule has 0 aliphatic carbocycles. The van der Waals surface area contributed by atoms with Gasteiger partial charge in [0, 0.05) is 18.3 Å². The minimum Gasteiger partial charge on any atom is -0.380 e. The van der Waals surface area contributed by atoms with Crippen LogP contribution in [0.2, 0.25) is 0 Å². The first-order valence-corrected chi connectivity index (χ1v) is 6.98. The number of guanidine groups is 1. The zero-order valence-electron chi connectivity index (χ0n) is 13.1. The highest BCUT2D eigenvalue weighted by molar-refractivity contribution is 14.0. The molecule has 5 heteroatoms. The van der Waals surface area contributed by atoms with Gasteiger partial charge in [-0.25, -0.2) is 0 Å². The molecule has 0 saturated heterocycles. The minimum absolute atomic E-state index is 0. The van der Waals surface area contributed by atoms with Crippen molar-refractivity contribution in [2.45, 2.75) is 26.8 Å². The standard InChI is InChI=1S/C16H26N4.HI/c1-12(2)10-18-16(17)19-11-15(13(3)4)20-14-8-6-5-7-9-14;/h5-9,13,15,20H,1,10-11H2,2-4H3,(H3,17,18,19);1H. The van der Waals surface area contributed by atoms with Gasteiger partial charge in [-0.3, -0.25) is 4.99 Å². The van der Waals surface area contributed by atoms with E-state index in [1.165, 1.54) is 0 Å². The molecule has 0 aliphatic rings. The number of aliphatic imine (C=N–C) groups is 1. The SMILES string of the molecule is C=C(C)CNC(N)=NCC(Nc1ccccc1)C(C)C.I. The molecular weight excluding hydrogens is 375 g/mol. The van der Waals surface area contributed by atoms with E-state index < -0.39 is 0 Å². The van der Waals surface area contributed by atoms with Crippen LogP contribution in [-0.2, 0) is 0 Å². The van der Waals surface area contributed by atoms with Gasteiger partial charge in [-0.2, -0.15) is 0 Å². The van der Waals surface area contributed by atoms with E-state index in [0.717, 1.165) is 11.3 Å². The Morgan fingerprint density at radius 2 is 1.90 bits per heavy atom. The highest BCUT2D eigenvalue weighted by atomic mass is 127. The van der Waals surface area contributed by atoms with Gasteiger partial charge in [0.2, 0.25) is 0 Å². The molecule has 0 aliphatic heterocycles. The van der Waals surface area contributed by atoms with Gasteiger partial charge in [0.15, 0.2) is 5.96 Å². The van der Waals surface area contributed by atoms with Crippen molar-refractivity contribution in [1.29, 1.82) is 0 Å². The average molecular weight is 402 g/mol. The molecule has 4 nitrogen and oxygen atoms in total. The van der Waals surface area contributed by atoms with Crippen LogP contribution in [0.15, 0.2) is 47.5 Å². The van der Waals surface area contributed by atoms with Crippen LogP contribution < -0.4 is 16.4 Å². The molecule has 1 atom stereocenters. The van der Waals surface area contributed by atoms with E-state index in [4.69, 9.17) is 5.73 Å². The lowest BCUT2D eigenvalue weighted by atomic mass is 10.0. The molecule has 0 saturated carbocycles. The largest absolute Gasteiger partial charge is 0.380 e. The Bertz CT molecular complexity index is 443. The Morgan fingerprint density at radius 3 is 2.43 bits per heavy atom. The quantitative estimate of drug-likeness (QED) is 0.284. The molecule has 1 unspecified atom stereocenters. The molecule has 1 rings (SSSR count). The van der Waals surface area contributed by atoms with Crippen molar-refractivity contribution in [2.75, 3.05) is 18.4 Å².